The quantitative estimate of drug-likeness (QED) is 0.0473. The number of carbonyl (C=O) groups excluding carboxylic acids is 10. The van der Waals surface area contributed by atoms with Gasteiger partial charge in [0.15, 0.2) is 0 Å². The molecule has 4 atom stereocenters. The zero-order valence-corrected chi connectivity index (χ0v) is 37.4. The Bertz CT molecular complexity index is 1870. The number of hydrogen-bond acceptors (Lipinski definition) is 15. The van der Waals surface area contributed by atoms with Crippen LogP contribution >= 0.6 is 11.6 Å². The molecular formula is C40H57ClN8O14. The lowest BCUT2D eigenvalue weighted by molar-refractivity contribution is -0.153. The number of hydrazine groups is 2. The molecule has 63 heavy (non-hydrogen) atoms. The van der Waals surface area contributed by atoms with E-state index < -0.39 is 94.3 Å². The van der Waals surface area contributed by atoms with Crippen molar-refractivity contribution in [2.75, 3.05) is 14.2 Å². The summed E-state index contributed by atoms with van der Waals surface area (Å²) >= 11 is 4.61. The van der Waals surface area contributed by atoms with Gasteiger partial charge in [-0.15, -0.1) is 0 Å². The number of carbonyl (C=O) groups is 10. The fourth-order valence-corrected chi connectivity index (χ4v) is 4.23. The van der Waals surface area contributed by atoms with Gasteiger partial charge in [-0.05, 0) is 84.5 Å². The van der Waals surface area contributed by atoms with Crippen LogP contribution in [-0.2, 0) is 70.1 Å². The molecule has 22 nitrogen and oxygen atoms in total. The van der Waals surface area contributed by atoms with Crippen molar-refractivity contribution in [2.24, 2.45) is 5.73 Å². The smallest absolute Gasteiger partial charge is 0.408 e. The molecule has 0 aliphatic heterocycles. The molecule has 0 unspecified atom stereocenters. The molecule has 0 radical (unpaired) electrons. The van der Waals surface area contributed by atoms with Crippen LogP contribution in [0.25, 0.3) is 0 Å². The largest absolute Gasteiger partial charge is 0.462 e. The van der Waals surface area contributed by atoms with E-state index in [4.69, 9.17) is 15.2 Å². The van der Waals surface area contributed by atoms with Crippen molar-refractivity contribution in [3.63, 3.8) is 0 Å². The van der Waals surface area contributed by atoms with Crippen LogP contribution in [0.4, 0.5) is 9.59 Å². The number of benzene rings is 2. The Balaban J connectivity index is 0.00000107. The maximum absolute atomic E-state index is 12.5. The Morgan fingerprint density at radius 3 is 1.27 bits per heavy atom. The first kappa shape index (κ1) is 56.2. The molecule has 2 aromatic rings. The van der Waals surface area contributed by atoms with Gasteiger partial charge in [0.1, 0.15) is 29.3 Å². The van der Waals surface area contributed by atoms with E-state index in [2.05, 4.69) is 58.7 Å². The van der Waals surface area contributed by atoms with Gasteiger partial charge in [-0.25, -0.2) is 19.2 Å². The highest BCUT2D eigenvalue weighted by molar-refractivity contribution is 6.80. The van der Waals surface area contributed by atoms with E-state index in [1.165, 1.54) is 13.8 Å². The van der Waals surface area contributed by atoms with Crippen LogP contribution < -0.4 is 43.4 Å². The van der Waals surface area contributed by atoms with Gasteiger partial charge in [-0.2, -0.15) is 0 Å². The second-order valence-corrected chi connectivity index (χ2v) is 15.3. The summed E-state index contributed by atoms with van der Waals surface area (Å²) in [6.45, 7) is 13.0. The average molecular weight is 909 g/mol. The first-order valence-corrected chi connectivity index (χ1v) is 19.3. The van der Waals surface area contributed by atoms with Gasteiger partial charge < -0.3 is 40.6 Å². The number of nitrogens with one attached hydrogen (secondary N) is 7. The Morgan fingerprint density at radius 2 is 0.921 bits per heavy atom. The van der Waals surface area contributed by atoms with Gasteiger partial charge in [-0.1, -0.05) is 60.7 Å². The summed E-state index contributed by atoms with van der Waals surface area (Å²) in [6.07, 6.45) is -1.12. The predicted molar refractivity (Wildman–Crippen MR) is 225 cm³/mol. The van der Waals surface area contributed by atoms with E-state index >= 15 is 0 Å². The van der Waals surface area contributed by atoms with Gasteiger partial charge in [0.05, 0.1) is 20.3 Å². The van der Waals surface area contributed by atoms with Crippen molar-refractivity contribution in [1.82, 2.24) is 37.7 Å². The molecule has 0 aromatic heterocycles. The van der Waals surface area contributed by atoms with E-state index in [1.807, 2.05) is 30.3 Å². The summed E-state index contributed by atoms with van der Waals surface area (Å²) in [5.41, 5.74) is 14.8. The van der Waals surface area contributed by atoms with Crippen molar-refractivity contribution in [3.05, 3.63) is 71.8 Å². The average Bonchev–Trinajstić information content (AvgIpc) is 3.20. The molecule has 0 spiro atoms. The molecule has 0 bridgehead atoms. The maximum Gasteiger partial charge on any atom is 0.408 e. The third-order valence-electron chi connectivity index (χ3n) is 7.13. The van der Waals surface area contributed by atoms with Crippen LogP contribution in [0, 0.1) is 0 Å². The number of hydrogen-bond donors (Lipinski definition) is 8. The number of methoxy groups -OCH3 is 2. The van der Waals surface area contributed by atoms with Crippen molar-refractivity contribution in [1.29, 1.82) is 0 Å². The Hall–Kier alpha value is -6.81. The van der Waals surface area contributed by atoms with E-state index in [0.29, 0.717) is 12.0 Å². The molecule has 23 heteroatoms. The van der Waals surface area contributed by atoms with Crippen molar-refractivity contribution in [3.8, 4) is 0 Å². The van der Waals surface area contributed by atoms with Crippen molar-refractivity contribution in [2.45, 2.75) is 104 Å². The normalized spacial score (nSPS) is 12.3. The monoisotopic (exact) mass is 908 g/mol. The lowest BCUT2D eigenvalue weighted by Gasteiger charge is -2.22. The highest BCUT2D eigenvalue weighted by Gasteiger charge is 2.27. The van der Waals surface area contributed by atoms with E-state index in [-0.39, 0.29) is 6.42 Å². The molecule has 7 amide bonds. The van der Waals surface area contributed by atoms with Gasteiger partial charge in [0.25, 0.3) is 23.6 Å². The number of halogens is 1. The fraction of sp³-hybridized carbons (Fsp3) is 0.450. The standard InChI is InChI=1S/C20H28N4O7.C17H26N4O4.C3H3ClO3/c1-12(21-19(29)31-20(2,3)4)15(25)23-24-16(26)14(22-17(27)18(28)30-5)11-13-9-7-6-8-10-13;1-11(19-16(24)25-17(2,3)4)14(22)20-21-15(23)13(18)10-12-8-6-5-7-9-12;1-7-3(6)2(4)5/h6-10,12,14H,11H2,1-5H3,(H,21,29)(H,22,27)(H,23,25)(H,24,26);5-9,11,13H,10,18H2,1-4H3,(H,19,24)(H,20,22)(H,21,23);1H3/t12-,14-;11-,13-;/m00./s1. The zero-order chi connectivity index (χ0) is 48.5. The molecule has 348 valence electrons. The first-order valence-electron chi connectivity index (χ1n) is 18.9. The van der Waals surface area contributed by atoms with Crippen molar-refractivity contribution >= 4 is 70.5 Å². The molecule has 0 aliphatic rings. The van der Waals surface area contributed by atoms with Crippen LogP contribution in [-0.4, -0.2) is 108 Å². The summed E-state index contributed by atoms with van der Waals surface area (Å²) < 4.78 is 18.3. The Labute approximate surface area is 369 Å². The highest BCUT2D eigenvalue weighted by Crippen LogP contribution is 2.08. The molecule has 0 aliphatic carbocycles. The van der Waals surface area contributed by atoms with Gasteiger partial charge >= 0.3 is 35.3 Å². The van der Waals surface area contributed by atoms with Gasteiger partial charge in [0.2, 0.25) is 0 Å². The lowest BCUT2D eigenvalue weighted by atomic mass is 10.1. The van der Waals surface area contributed by atoms with E-state index in [1.54, 1.807) is 71.9 Å². The highest BCUT2D eigenvalue weighted by atomic mass is 35.5. The molecule has 0 heterocycles. The van der Waals surface area contributed by atoms with E-state index in [0.717, 1.165) is 19.8 Å². The van der Waals surface area contributed by atoms with Gasteiger partial charge in [0, 0.05) is 6.42 Å². The third-order valence-corrected chi connectivity index (χ3v) is 7.28. The lowest BCUT2D eigenvalue weighted by Crippen LogP contribution is -2.57. The molecule has 0 fully saturated rings. The van der Waals surface area contributed by atoms with Crippen LogP contribution in [0.2, 0.25) is 0 Å². The minimum absolute atomic E-state index is 0.0526. The van der Waals surface area contributed by atoms with Gasteiger partial charge in [-0.3, -0.25) is 50.5 Å². The van der Waals surface area contributed by atoms with Crippen LogP contribution in [0.5, 0.6) is 0 Å². The second kappa shape index (κ2) is 27.9. The summed E-state index contributed by atoms with van der Waals surface area (Å²) in [5.74, 6) is -5.92. The van der Waals surface area contributed by atoms with Crippen LogP contribution in [0.3, 0.4) is 0 Å². The number of rotatable bonds is 12. The minimum atomic E-state index is -1.18. The fourth-order valence-electron chi connectivity index (χ4n) is 4.15. The minimum Gasteiger partial charge on any atom is -0.462 e. The summed E-state index contributed by atoms with van der Waals surface area (Å²) in [6, 6.07) is 14.1. The number of nitrogens with two attached hydrogens (primary N) is 1. The summed E-state index contributed by atoms with van der Waals surface area (Å²) in [4.78, 5) is 115. The van der Waals surface area contributed by atoms with Crippen LogP contribution in [0.15, 0.2) is 60.7 Å². The molecule has 0 saturated carbocycles. The number of ether oxygens (including phenoxy) is 4. The topological polar surface area (TPSA) is 318 Å². The second-order valence-electron chi connectivity index (χ2n) is 15.0. The van der Waals surface area contributed by atoms with Crippen molar-refractivity contribution < 1.29 is 66.9 Å². The third kappa shape index (κ3) is 26.2. The summed E-state index contributed by atoms with van der Waals surface area (Å²) in [7, 11) is 2.12. The molecule has 2 aromatic carbocycles. The summed E-state index contributed by atoms with van der Waals surface area (Å²) in [5, 5.41) is 5.87. The first-order chi connectivity index (χ1) is 29.2. The van der Waals surface area contributed by atoms with Crippen LogP contribution in [0.1, 0.15) is 66.5 Å². The Morgan fingerprint density at radius 1 is 0.556 bits per heavy atom. The molecular weight excluding hydrogens is 852 g/mol. The zero-order valence-electron chi connectivity index (χ0n) is 36.7. The number of amides is 7. The Kier molecular flexibility index (Phi) is 24.9. The number of alkyl carbamates (subject to hydrolysis) is 2. The number of esters is 2. The predicted octanol–water partition coefficient (Wildman–Crippen LogP) is 0.489. The SMILES string of the molecule is COC(=O)C(=O)Cl.COC(=O)C(=O)N[C@@H](Cc1ccccc1)C(=O)NNC(=O)[C@H](C)NC(=O)OC(C)(C)C.C[C@H](NC(=O)OC(C)(C)C)C(=O)NNC(=O)[C@@H](N)Cc1ccccc1. The maximum atomic E-state index is 12.5. The molecule has 9 N–H and O–H groups in total. The molecule has 2 rings (SSSR count). The molecule has 0 saturated heterocycles. The van der Waals surface area contributed by atoms with E-state index in [9.17, 15) is 47.9 Å².